The molecule has 1 fully saturated rings. The van der Waals surface area contributed by atoms with Crippen LogP contribution in [0.1, 0.15) is 42.4 Å². The van der Waals surface area contributed by atoms with Crippen LogP contribution in [0.25, 0.3) is 0 Å². The van der Waals surface area contributed by atoms with Gasteiger partial charge in [0, 0.05) is 14.2 Å². The van der Waals surface area contributed by atoms with E-state index in [0.29, 0.717) is 24.0 Å². The van der Waals surface area contributed by atoms with Gasteiger partial charge >= 0.3 is 12.6 Å². The maximum Gasteiger partial charge on any atom is 0.387 e. The van der Waals surface area contributed by atoms with Gasteiger partial charge in [-0.15, -0.1) is 0 Å². The SMILES string of the molecule is COC1(C(C)C(=O)O)CC(c2cccc(C3(c4ccc(OC(F)F)cc4)N=C(N)N(C)C3=O)c2)C1. The van der Waals surface area contributed by atoms with Crippen molar-refractivity contribution in [3.63, 3.8) is 0 Å². The number of alkyl halides is 2. The van der Waals surface area contributed by atoms with E-state index in [9.17, 15) is 23.5 Å². The van der Waals surface area contributed by atoms with Crippen LogP contribution in [0.3, 0.4) is 0 Å². The predicted octanol–water partition coefficient (Wildman–Crippen LogP) is 3.30. The Labute approximate surface area is 201 Å². The van der Waals surface area contributed by atoms with Gasteiger partial charge in [-0.3, -0.25) is 14.5 Å². The topological polar surface area (TPSA) is 114 Å². The number of guanidine groups is 1. The van der Waals surface area contributed by atoms with Crippen molar-refractivity contribution in [3.05, 3.63) is 65.2 Å². The molecular formula is C25H27F2N3O5. The first-order chi connectivity index (χ1) is 16.5. The number of ether oxygens (including phenoxy) is 2. The Morgan fingerprint density at radius 3 is 2.37 bits per heavy atom. The second-order valence-electron chi connectivity index (χ2n) is 9.01. The number of hydrogen-bond acceptors (Lipinski definition) is 6. The summed E-state index contributed by atoms with van der Waals surface area (Å²) in [6.45, 7) is -1.33. The van der Waals surface area contributed by atoms with Gasteiger partial charge in [0.2, 0.25) is 0 Å². The highest BCUT2D eigenvalue weighted by Gasteiger charge is 2.53. The number of amides is 1. The van der Waals surface area contributed by atoms with Gasteiger partial charge in [0.05, 0.1) is 11.5 Å². The first-order valence-corrected chi connectivity index (χ1v) is 11.1. The molecule has 186 valence electrons. The molecule has 0 spiro atoms. The average Bonchev–Trinajstić information content (AvgIpc) is 3.03. The fraction of sp³-hybridized carbons (Fsp3) is 0.400. The minimum atomic E-state index is -2.97. The zero-order valence-corrected chi connectivity index (χ0v) is 19.6. The van der Waals surface area contributed by atoms with Crippen molar-refractivity contribution in [2.75, 3.05) is 14.2 Å². The molecule has 2 unspecified atom stereocenters. The molecule has 2 aliphatic rings. The van der Waals surface area contributed by atoms with E-state index in [2.05, 4.69) is 9.73 Å². The van der Waals surface area contributed by atoms with Crippen molar-refractivity contribution in [3.8, 4) is 5.75 Å². The Morgan fingerprint density at radius 1 is 1.20 bits per heavy atom. The van der Waals surface area contributed by atoms with Crippen LogP contribution < -0.4 is 10.5 Å². The van der Waals surface area contributed by atoms with Gasteiger partial charge in [-0.25, -0.2) is 4.99 Å². The zero-order chi connectivity index (χ0) is 25.5. The minimum absolute atomic E-state index is 0.0330. The highest BCUT2D eigenvalue weighted by molar-refractivity contribution is 6.08. The largest absolute Gasteiger partial charge is 0.481 e. The summed E-state index contributed by atoms with van der Waals surface area (Å²) in [5.41, 5.74) is 5.71. The molecule has 2 atom stereocenters. The van der Waals surface area contributed by atoms with E-state index in [0.717, 1.165) is 5.56 Å². The summed E-state index contributed by atoms with van der Waals surface area (Å²) in [6.07, 6.45) is 1.04. The number of likely N-dealkylation sites (N-methyl/N-ethyl adjacent to an activating group) is 1. The Bertz CT molecular complexity index is 1160. The lowest BCUT2D eigenvalue weighted by Gasteiger charge is -2.49. The Hall–Kier alpha value is -3.53. The van der Waals surface area contributed by atoms with Gasteiger partial charge in [-0.1, -0.05) is 36.4 Å². The Morgan fingerprint density at radius 2 is 1.86 bits per heavy atom. The summed E-state index contributed by atoms with van der Waals surface area (Å²) < 4.78 is 35.2. The van der Waals surface area contributed by atoms with E-state index < -0.39 is 29.6 Å². The Balaban J connectivity index is 1.71. The molecule has 8 nitrogen and oxygen atoms in total. The van der Waals surface area contributed by atoms with Crippen molar-refractivity contribution in [1.29, 1.82) is 0 Å². The predicted molar refractivity (Wildman–Crippen MR) is 123 cm³/mol. The summed E-state index contributed by atoms with van der Waals surface area (Å²) in [5.74, 6) is -1.93. The molecular weight excluding hydrogens is 460 g/mol. The molecule has 1 saturated carbocycles. The number of carbonyl (C=O) groups excluding carboxylic acids is 1. The summed E-state index contributed by atoms with van der Waals surface area (Å²) >= 11 is 0. The molecule has 0 aromatic heterocycles. The zero-order valence-electron chi connectivity index (χ0n) is 19.6. The number of aliphatic carboxylic acids is 1. The molecule has 1 heterocycles. The number of aliphatic imine (C=N–C) groups is 1. The number of methoxy groups -OCH3 is 1. The molecule has 1 aliphatic heterocycles. The first-order valence-electron chi connectivity index (χ1n) is 11.1. The number of benzene rings is 2. The molecule has 4 rings (SSSR count). The number of nitrogens with two attached hydrogens (primary N) is 1. The molecule has 10 heteroatoms. The molecule has 3 N–H and O–H groups in total. The van der Waals surface area contributed by atoms with Crippen molar-refractivity contribution in [1.82, 2.24) is 4.90 Å². The lowest BCUT2D eigenvalue weighted by atomic mass is 9.62. The van der Waals surface area contributed by atoms with E-state index >= 15 is 0 Å². The molecule has 35 heavy (non-hydrogen) atoms. The van der Waals surface area contributed by atoms with E-state index in [1.165, 1.54) is 43.3 Å². The fourth-order valence-electron chi connectivity index (χ4n) is 5.01. The van der Waals surface area contributed by atoms with Crippen molar-refractivity contribution >= 4 is 17.8 Å². The molecule has 1 aliphatic carbocycles. The quantitative estimate of drug-likeness (QED) is 0.591. The van der Waals surface area contributed by atoms with Crippen LogP contribution in [-0.4, -0.2) is 54.2 Å². The second-order valence-corrected chi connectivity index (χ2v) is 9.01. The summed E-state index contributed by atoms with van der Waals surface area (Å²) in [4.78, 5) is 30.8. The fourth-order valence-corrected chi connectivity index (χ4v) is 5.01. The van der Waals surface area contributed by atoms with Gasteiger partial charge in [0.1, 0.15) is 5.75 Å². The third-order valence-electron chi connectivity index (χ3n) is 7.26. The van der Waals surface area contributed by atoms with Crippen molar-refractivity contribution in [2.45, 2.75) is 43.4 Å². The lowest BCUT2D eigenvalue weighted by molar-refractivity contribution is -0.167. The minimum Gasteiger partial charge on any atom is -0.481 e. The highest BCUT2D eigenvalue weighted by atomic mass is 19.3. The van der Waals surface area contributed by atoms with Gasteiger partial charge in [0.25, 0.3) is 5.91 Å². The van der Waals surface area contributed by atoms with E-state index in [4.69, 9.17) is 10.5 Å². The van der Waals surface area contributed by atoms with Gasteiger partial charge in [-0.2, -0.15) is 8.78 Å². The summed E-state index contributed by atoms with van der Waals surface area (Å²) in [6, 6.07) is 13.1. The number of nitrogens with zero attached hydrogens (tertiary/aromatic N) is 2. The molecule has 0 bridgehead atoms. The first kappa shape index (κ1) is 24.6. The normalized spacial score (nSPS) is 26.9. The average molecular weight is 488 g/mol. The maximum absolute atomic E-state index is 13.5. The third-order valence-corrected chi connectivity index (χ3v) is 7.26. The highest BCUT2D eigenvalue weighted by Crippen LogP contribution is 2.51. The number of carboxylic acids is 1. The van der Waals surface area contributed by atoms with E-state index in [1.807, 2.05) is 18.2 Å². The van der Waals surface area contributed by atoms with Crippen LogP contribution in [0.2, 0.25) is 0 Å². The van der Waals surface area contributed by atoms with Crippen LogP contribution in [0.5, 0.6) is 5.75 Å². The van der Waals surface area contributed by atoms with Crippen LogP contribution in [0.4, 0.5) is 8.78 Å². The number of rotatable bonds is 8. The van der Waals surface area contributed by atoms with Crippen molar-refractivity contribution < 1.29 is 33.0 Å². The molecule has 2 aromatic carbocycles. The number of halogens is 2. The maximum atomic E-state index is 13.5. The van der Waals surface area contributed by atoms with E-state index in [-0.39, 0.29) is 23.5 Å². The second kappa shape index (κ2) is 8.92. The van der Waals surface area contributed by atoms with Gasteiger partial charge in [0.15, 0.2) is 11.5 Å². The number of carbonyl (C=O) groups is 2. The molecule has 1 amide bonds. The molecule has 0 saturated heterocycles. The van der Waals surface area contributed by atoms with Crippen LogP contribution in [0.15, 0.2) is 53.5 Å². The van der Waals surface area contributed by atoms with E-state index in [1.54, 1.807) is 13.0 Å². The third kappa shape index (κ3) is 4.01. The van der Waals surface area contributed by atoms with Crippen LogP contribution in [-0.2, 0) is 19.9 Å². The Kier molecular flexibility index (Phi) is 6.27. The van der Waals surface area contributed by atoms with Crippen molar-refractivity contribution in [2.24, 2.45) is 16.6 Å². The number of carboxylic acid groups (broad SMARTS) is 1. The standard InChI is InChI=1S/C25H27F2N3O5/c1-14(20(31)32)24(34-3)12-16(13-24)15-5-4-6-18(11-15)25(21(33)30(2)23(28)29-25)17-7-9-19(10-8-17)35-22(26)27/h4-11,14,16,22H,12-13H2,1-3H3,(H2,28,29)(H,31,32). The molecule has 0 radical (unpaired) electrons. The van der Waals surface area contributed by atoms with Crippen LogP contribution >= 0.6 is 0 Å². The monoisotopic (exact) mass is 487 g/mol. The summed E-state index contributed by atoms with van der Waals surface area (Å²) in [5, 5.41) is 9.47. The van der Waals surface area contributed by atoms with Gasteiger partial charge < -0.3 is 20.3 Å². The summed E-state index contributed by atoms with van der Waals surface area (Å²) in [7, 11) is 3.04. The number of hydrogen-bond donors (Lipinski definition) is 2. The molecule has 2 aromatic rings. The smallest absolute Gasteiger partial charge is 0.387 e. The van der Waals surface area contributed by atoms with Crippen LogP contribution in [0, 0.1) is 5.92 Å². The lowest BCUT2D eigenvalue weighted by Crippen LogP contribution is -2.52. The van der Waals surface area contributed by atoms with Gasteiger partial charge in [-0.05, 0) is 54.5 Å².